The van der Waals surface area contributed by atoms with E-state index in [1.54, 1.807) is 25.1 Å². The number of nitrogens with zero attached hydrogens (tertiary/aromatic N) is 3. The lowest BCUT2D eigenvalue weighted by atomic mass is 9.77. The van der Waals surface area contributed by atoms with Gasteiger partial charge in [0, 0.05) is 37.2 Å². The van der Waals surface area contributed by atoms with Gasteiger partial charge >= 0.3 is 0 Å². The molecule has 1 aromatic heterocycles. The van der Waals surface area contributed by atoms with Crippen molar-refractivity contribution in [2.75, 3.05) is 19.6 Å². The van der Waals surface area contributed by atoms with Crippen molar-refractivity contribution in [2.24, 2.45) is 0 Å². The summed E-state index contributed by atoms with van der Waals surface area (Å²) in [7, 11) is 0. The third-order valence-electron chi connectivity index (χ3n) is 6.78. The van der Waals surface area contributed by atoms with Gasteiger partial charge in [0.1, 0.15) is 12.4 Å². The van der Waals surface area contributed by atoms with E-state index in [4.69, 9.17) is 0 Å². The van der Waals surface area contributed by atoms with Crippen molar-refractivity contribution in [2.45, 2.75) is 63.5 Å². The molecule has 6 nitrogen and oxygen atoms in total. The summed E-state index contributed by atoms with van der Waals surface area (Å²) in [4.78, 5) is 26.7. The smallest absolute Gasteiger partial charge is 0.267 e. The number of hydrogen-bond acceptors (Lipinski definition) is 4. The molecule has 2 fully saturated rings. The number of likely N-dealkylation sites (tertiary alicyclic amines) is 1. The quantitative estimate of drug-likeness (QED) is 0.771. The first kappa shape index (κ1) is 21.7. The predicted octanol–water partition coefficient (Wildman–Crippen LogP) is 2.78. The summed E-state index contributed by atoms with van der Waals surface area (Å²) in [5.41, 5.74) is 1.19. The van der Waals surface area contributed by atoms with Gasteiger partial charge in [0.15, 0.2) is 0 Å². The second-order valence-electron chi connectivity index (χ2n) is 9.06. The van der Waals surface area contributed by atoms with Crippen LogP contribution in [0.25, 0.3) is 0 Å². The maximum absolute atomic E-state index is 14.6. The first-order valence-electron chi connectivity index (χ1n) is 11.3. The molecule has 7 heteroatoms. The fourth-order valence-corrected chi connectivity index (χ4v) is 5.19. The topological polar surface area (TPSA) is 67.2 Å². The molecule has 4 rings (SSSR count). The van der Waals surface area contributed by atoms with E-state index in [0.717, 1.165) is 63.7 Å². The summed E-state index contributed by atoms with van der Waals surface area (Å²) in [6, 6.07) is 10.4. The van der Waals surface area contributed by atoms with Crippen LogP contribution in [0.4, 0.5) is 4.39 Å². The second-order valence-corrected chi connectivity index (χ2v) is 9.06. The van der Waals surface area contributed by atoms with E-state index in [1.165, 1.54) is 10.7 Å². The number of nitrogens with one attached hydrogen (secondary N) is 1. The summed E-state index contributed by atoms with van der Waals surface area (Å²) in [6.45, 7) is 4.36. The van der Waals surface area contributed by atoms with E-state index < -0.39 is 0 Å². The Morgan fingerprint density at radius 3 is 2.58 bits per heavy atom. The van der Waals surface area contributed by atoms with Crippen LogP contribution in [0.2, 0.25) is 0 Å². The number of piperidine rings is 1. The maximum Gasteiger partial charge on any atom is 0.267 e. The molecule has 1 saturated carbocycles. The molecule has 2 aliphatic rings. The van der Waals surface area contributed by atoms with Crippen LogP contribution >= 0.6 is 0 Å². The van der Waals surface area contributed by atoms with Crippen LogP contribution in [0.1, 0.15) is 49.8 Å². The molecule has 166 valence electrons. The van der Waals surface area contributed by atoms with Crippen LogP contribution in [0.15, 0.2) is 41.2 Å². The molecule has 0 spiro atoms. The van der Waals surface area contributed by atoms with Crippen LogP contribution in [0.3, 0.4) is 0 Å². The zero-order chi connectivity index (χ0) is 21.8. The second kappa shape index (κ2) is 9.30. The molecule has 0 bridgehead atoms. The molecule has 1 aliphatic heterocycles. The average Bonchev–Trinajstić information content (AvgIpc) is 3.22. The molecule has 2 heterocycles. The number of halogens is 1. The number of aryl methyl sites for hydroxylation is 1. The molecule has 0 atom stereocenters. The van der Waals surface area contributed by atoms with Gasteiger partial charge < -0.3 is 10.2 Å². The van der Waals surface area contributed by atoms with Crippen molar-refractivity contribution in [3.05, 3.63) is 63.8 Å². The molecule has 0 radical (unpaired) electrons. The van der Waals surface area contributed by atoms with Gasteiger partial charge in [-0.3, -0.25) is 9.59 Å². The highest BCUT2D eigenvalue weighted by molar-refractivity contribution is 5.75. The van der Waals surface area contributed by atoms with Crippen molar-refractivity contribution in [3.63, 3.8) is 0 Å². The fourth-order valence-electron chi connectivity index (χ4n) is 5.19. The molecule has 1 aliphatic carbocycles. The summed E-state index contributed by atoms with van der Waals surface area (Å²) >= 11 is 0. The van der Waals surface area contributed by atoms with E-state index in [1.807, 2.05) is 12.1 Å². The fraction of sp³-hybridized carbons (Fsp3) is 0.542. The Kier molecular flexibility index (Phi) is 6.51. The minimum Gasteiger partial charge on any atom is -0.352 e. The largest absolute Gasteiger partial charge is 0.352 e. The lowest BCUT2D eigenvalue weighted by molar-refractivity contribution is -0.123. The van der Waals surface area contributed by atoms with E-state index in [-0.39, 0.29) is 35.3 Å². The summed E-state index contributed by atoms with van der Waals surface area (Å²) in [5.74, 6) is -0.274. The van der Waals surface area contributed by atoms with Crippen molar-refractivity contribution >= 4 is 5.91 Å². The molecular weight excluding hydrogens is 395 g/mol. The standard InChI is InChI=1S/C24H31FN4O2/c1-18-8-9-23(31)29(27-18)16-22(30)26-19-10-14-28(15-11-19)17-24(12-4-5-13-24)20-6-2-3-7-21(20)25/h2-3,6-9,19H,4-5,10-17H2,1H3,(H,26,30). The Morgan fingerprint density at radius 1 is 1.16 bits per heavy atom. The van der Waals surface area contributed by atoms with Crippen LogP contribution in [0.5, 0.6) is 0 Å². The molecule has 31 heavy (non-hydrogen) atoms. The molecular formula is C24H31FN4O2. The van der Waals surface area contributed by atoms with E-state index in [9.17, 15) is 14.0 Å². The van der Waals surface area contributed by atoms with Crippen LogP contribution in [0, 0.1) is 12.7 Å². The maximum atomic E-state index is 14.6. The average molecular weight is 427 g/mol. The zero-order valence-electron chi connectivity index (χ0n) is 18.1. The molecule has 1 amide bonds. The van der Waals surface area contributed by atoms with Gasteiger partial charge in [0.2, 0.25) is 5.91 Å². The highest BCUT2D eigenvalue weighted by Crippen LogP contribution is 2.43. The molecule has 1 aromatic carbocycles. The van der Waals surface area contributed by atoms with Crippen molar-refractivity contribution < 1.29 is 9.18 Å². The number of carbonyl (C=O) groups is 1. The SMILES string of the molecule is Cc1ccc(=O)n(CC(=O)NC2CCN(CC3(c4ccccc4F)CCCC3)CC2)n1. The number of rotatable bonds is 6. The first-order chi connectivity index (χ1) is 14.9. The summed E-state index contributed by atoms with van der Waals surface area (Å²) < 4.78 is 15.8. The van der Waals surface area contributed by atoms with Gasteiger partial charge in [-0.25, -0.2) is 9.07 Å². The summed E-state index contributed by atoms with van der Waals surface area (Å²) in [6.07, 6.45) is 6.07. The minimum absolute atomic E-state index is 0.0584. The molecule has 1 saturated heterocycles. The Bertz CT molecular complexity index is 976. The lowest BCUT2D eigenvalue weighted by Gasteiger charge is -2.39. The van der Waals surface area contributed by atoms with Gasteiger partial charge in [-0.15, -0.1) is 0 Å². The van der Waals surface area contributed by atoms with Gasteiger partial charge in [-0.05, 0) is 50.3 Å². The van der Waals surface area contributed by atoms with E-state index in [0.29, 0.717) is 5.69 Å². The normalized spacial score (nSPS) is 19.4. The van der Waals surface area contributed by atoms with Crippen LogP contribution in [-0.4, -0.2) is 46.3 Å². The van der Waals surface area contributed by atoms with Gasteiger partial charge in [-0.2, -0.15) is 5.10 Å². The lowest BCUT2D eigenvalue weighted by Crippen LogP contribution is -2.49. The number of aromatic nitrogens is 2. The van der Waals surface area contributed by atoms with Crippen molar-refractivity contribution in [3.8, 4) is 0 Å². The van der Waals surface area contributed by atoms with Crippen LogP contribution in [-0.2, 0) is 16.8 Å². The highest BCUT2D eigenvalue weighted by Gasteiger charge is 2.39. The van der Waals surface area contributed by atoms with E-state index >= 15 is 0 Å². The van der Waals surface area contributed by atoms with Gasteiger partial charge in [0.05, 0.1) is 5.69 Å². The van der Waals surface area contributed by atoms with Crippen molar-refractivity contribution in [1.82, 2.24) is 20.0 Å². The molecule has 1 N–H and O–H groups in total. The number of hydrogen-bond donors (Lipinski definition) is 1. The van der Waals surface area contributed by atoms with Gasteiger partial charge in [-0.1, -0.05) is 31.0 Å². The number of carbonyl (C=O) groups excluding carboxylic acids is 1. The number of amides is 1. The zero-order valence-corrected chi connectivity index (χ0v) is 18.1. The molecule has 2 aromatic rings. The van der Waals surface area contributed by atoms with E-state index in [2.05, 4.69) is 15.3 Å². The van der Waals surface area contributed by atoms with Crippen LogP contribution < -0.4 is 10.9 Å². The Labute approximate surface area is 182 Å². The highest BCUT2D eigenvalue weighted by atomic mass is 19.1. The third kappa shape index (κ3) is 5.03. The monoisotopic (exact) mass is 426 g/mol. The molecule has 0 unspecified atom stereocenters. The number of benzene rings is 1. The van der Waals surface area contributed by atoms with Crippen molar-refractivity contribution in [1.29, 1.82) is 0 Å². The Morgan fingerprint density at radius 2 is 1.87 bits per heavy atom. The summed E-state index contributed by atoms with van der Waals surface area (Å²) in [5, 5.41) is 7.18. The van der Waals surface area contributed by atoms with Gasteiger partial charge in [0.25, 0.3) is 5.56 Å². The predicted molar refractivity (Wildman–Crippen MR) is 117 cm³/mol. The Balaban J connectivity index is 1.32. The minimum atomic E-state index is -0.273. The third-order valence-corrected chi connectivity index (χ3v) is 6.78. The Hall–Kier alpha value is -2.54. The first-order valence-corrected chi connectivity index (χ1v) is 11.3.